The van der Waals surface area contributed by atoms with Gasteiger partial charge in [-0.2, -0.15) is 0 Å². The second-order valence-corrected chi connectivity index (χ2v) is 5.48. The molecule has 0 aliphatic heterocycles. The Hall–Kier alpha value is -2.49. The molecular formula is C19H23NO3. The number of benzene rings is 2. The van der Waals surface area contributed by atoms with Crippen molar-refractivity contribution in [1.29, 1.82) is 0 Å². The van der Waals surface area contributed by atoms with Gasteiger partial charge in [0.05, 0.1) is 6.61 Å². The summed E-state index contributed by atoms with van der Waals surface area (Å²) in [4.78, 5) is 11.4. The monoisotopic (exact) mass is 313 g/mol. The van der Waals surface area contributed by atoms with E-state index in [4.69, 9.17) is 15.2 Å². The van der Waals surface area contributed by atoms with Crippen LogP contribution in [0.25, 0.3) is 0 Å². The number of carbonyl (C=O) groups excluding carboxylic acids is 1. The summed E-state index contributed by atoms with van der Waals surface area (Å²) in [5, 5.41) is 0. The highest BCUT2D eigenvalue weighted by atomic mass is 16.5. The van der Waals surface area contributed by atoms with E-state index in [-0.39, 0.29) is 12.1 Å². The van der Waals surface area contributed by atoms with E-state index in [9.17, 15) is 4.79 Å². The predicted octanol–water partition coefficient (Wildman–Crippen LogP) is 4.04. The highest BCUT2D eigenvalue weighted by molar-refractivity contribution is 5.67. The zero-order valence-electron chi connectivity index (χ0n) is 13.6. The number of para-hydroxylation sites is 1. The lowest BCUT2D eigenvalue weighted by Crippen LogP contribution is -2.13. The number of nitrogen functional groups attached to an aromatic ring is 1. The lowest BCUT2D eigenvalue weighted by molar-refractivity contribution is -0.147. The van der Waals surface area contributed by atoms with Crippen LogP contribution in [0, 0.1) is 6.92 Å². The van der Waals surface area contributed by atoms with Gasteiger partial charge >= 0.3 is 5.97 Å². The van der Waals surface area contributed by atoms with Crippen LogP contribution in [-0.2, 0) is 9.53 Å². The van der Waals surface area contributed by atoms with Gasteiger partial charge in [-0.25, -0.2) is 0 Å². The maximum atomic E-state index is 11.4. The molecule has 0 fully saturated rings. The van der Waals surface area contributed by atoms with E-state index >= 15 is 0 Å². The molecule has 2 rings (SSSR count). The molecule has 2 N–H and O–H groups in total. The number of hydrogen-bond acceptors (Lipinski definition) is 4. The number of rotatable bonds is 7. The molecule has 23 heavy (non-hydrogen) atoms. The first kappa shape index (κ1) is 16.9. The lowest BCUT2D eigenvalue weighted by Gasteiger charge is -2.21. The highest BCUT2D eigenvalue weighted by Gasteiger charge is 2.19. The van der Waals surface area contributed by atoms with Gasteiger partial charge in [0.25, 0.3) is 0 Å². The van der Waals surface area contributed by atoms with Crippen LogP contribution in [0.4, 0.5) is 5.69 Å². The van der Waals surface area contributed by atoms with E-state index in [2.05, 4.69) is 0 Å². The summed E-state index contributed by atoms with van der Waals surface area (Å²) in [5.41, 5.74) is 8.64. The van der Waals surface area contributed by atoms with Gasteiger partial charge in [0.15, 0.2) is 0 Å². The van der Waals surface area contributed by atoms with E-state index in [0.29, 0.717) is 18.7 Å². The fourth-order valence-electron chi connectivity index (χ4n) is 2.58. The second-order valence-electron chi connectivity index (χ2n) is 5.48. The molecule has 0 saturated carbocycles. The summed E-state index contributed by atoms with van der Waals surface area (Å²) in [7, 11) is 0. The largest absolute Gasteiger partial charge is 0.494 e. The molecule has 0 amide bonds. The van der Waals surface area contributed by atoms with E-state index in [1.54, 1.807) is 0 Å². The zero-order valence-corrected chi connectivity index (χ0v) is 13.6. The first-order chi connectivity index (χ1) is 11.1. The van der Waals surface area contributed by atoms with E-state index in [0.717, 1.165) is 23.3 Å². The van der Waals surface area contributed by atoms with Crippen LogP contribution in [0.5, 0.6) is 5.75 Å². The third kappa shape index (κ3) is 5.02. The highest BCUT2D eigenvalue weighted by Crippen LogP contribution is 2.30. The summed E-state index contributed by atoms with van der Waals surface area (Å²) in [6.07, 6.45) is 1.09. The molecule has 2 aromatic rings. The van der Waals surface area contributed by atoms with Gasteiger partial charge in [0.1, 0.15) is 11.9 Å². The Kier molecular flexibility index (Phi) is 6.03. The van der Waals surface area contributed by atoms with Crippen molar-refractivity contribution in [2.24, 2.45) is 0 Å². The smallest absolute Gasteiger partial charge is 0.303 e. The lowest BCUT2D eigenvalue weighted by atomic mass is 9.98. The number of esters is 1. The van der Waals surface area contributed by atoms with Crippen molar-refractivity contribution in [3.63, 3.8) is 0 Å². The van der Waals surface area contributed by atoms with Gasteiger partial charge in [0.2, 0.25) is 0 Å². The maximum Gasteiger partial charge on any atom is 0.303 e. The summed E-state index contributed by atoms with van der Waals surface area (Å²) in [5.74, 6) is 0.536. The van der Waals surface area contributed by atoms with Crippen molar-refractivity contribution in [1.82, 2.24) is 0 Å². The van der Waals surface area contributed by atoms with Crippen LogP contribution >= 0.6 is 0 Å². The van der Waals surface area contributed by atoms with Gasteiger partial charge in [-0.3, -0.25) is 4.79 Å². The zero-order chi connectivity index (χ0) is 16.7. The molecule has 122 valence electrons. The third-order valence-electron chi connectivity index (χ3n) is 3.61. The molecule has 1 atom stereocenters. The Morgan fingerprint density at radius 3 is 2.52 bits per heavy atom. The second kappa shape index (κ2) is 8.22. The Labute approximate surface area is 137 Å². The SMILES string of the molecule is CC(=O)OC(CCCOc1ccccc1)c1c(C)cccc1N. The molecule has 0 radical (unpaired) electrons. The molecule has 0 aliphatic rings. The summed E-state index contributed by atoms with van der Waals surface area (Å²) in [6, 6.07) is 15.4. The molecule has 0 saturated heterocycles. The Balaban J connectivity index is 1.98. The molecule has 4 heteroatoms. The summed E-state index contributed by atoms with van der Waals surface area (Å²) < 4.78 is 11.2. The minimum absolute atomic E-state index is 0.304. The standard InChI is InChI=1S/C19H23NO3/c1-14-8-6-11-17(20)19(14)18(23-15(2)21)12-7-13-22-16-9-4-3-5-10-16/h3-6,8-11,18H,7,12-13,20H2,1-2H3. The van der Waals surface area contributed by atoms with E-state index in [1.807, 2.05) is 55.5 Å². The molecule has 4 nitrogen and oxygen atoms in total. The van der Waals surface area contributed by atoms with Crippen LogP contribution in [0.15, 0.2) is 48.5 Å². The van der Waals surface area contributed by atoms with Crippen LogP contribution in [0.3, 0.4) is 0 Å². The third-order valence-corrected chi connectivity index (χ3v) is 3.61. The quantitative estimate of drug-likeness (QED) is 0.476. The number of hydrogen-bond donors (Lipinski definition) is 1. The molecule has 1 unspecified atom stereocenters. The average Bonchev–Trinajstić information content (AvgIpc) is 2.51. The van der Waals surface area contributed by atoms with E-state index in [1.165, 1.54) is 6.92 Å². The van der Waals surface area contributed by atoms with Crippen molar-refractivity contribution >= 4 is 11.7 Å². The fourth-order valence-corrected chi connectivity index (χ4v) is 2.58. The first-order valence-corrected chi connectivity index (χ1v) is 7.78. The minimum Gasteiger partial charge on any atom is -0.494 e. The summed E-state index contributed by atoms with van der Waals surface area (Å²) >= 11 is 0. The predicted molar refractivity (Wildman–Crippen MR) is 91.3 cm³/mol. The molecular weight excluding hydrogens is 290 g/mol. The van der Waals surface area contributed by atoms with Crippen molar-refractivity contribution in [2.75, 3.05) is 12.3 Å². The minimum atomic E-state index is -0.340. The molecule has 0 aromatic heterocycles. The van der Waals surface area contributed by atoms with Crippen molar-refractivity contribution in [3.8, 4) is 5.75 Å². The topological polar surface area (TPSA) is 61.5 Å². The summed E-state index contributed by atoms with van der Waals surface area (Å²) in [6.45, 7) is 3.96. The molecule has 0 bridgehead atoms. The van der Waals surface area contributed by atoms with Crippen LogP contribution < -0.4 is 10.5 Å². The Morgan fingerprint density at radius 2 is 1.87 bits per heavy atom. The van der Waals surface area contributed by atoms with Gasteiger partial charge < -0.3 is 15.2 Å². The Bertz CT molecular complexity index is 620. The molecule has 2 aromatic carbocycles. The number of ether oxygens (including phenoxy) is 2. The normalized spacial score (nSPS) is 11.7. The number of carbonyl (C=O) groups is 1. The van der Waals surface area contributed by atoms with Crippen molar-refractivity contribution in [2.45, 2.75) is 32.8 Å². The van der Waals surface area contributed by atoms with Crippen molar-refractivity contribution < 1.29 is 14.3 Å². The maximum absolute atomic E-state index is 11.4. The van der Waals surface area contributed by atoms with E-state index < -0.39 is 0 Å². The average molecular weight is 313 g/mol. The number of nitrogens with two attached hydrogens (primary N) is 1. The number of anilines is 1. The van der Waals surface area contributed by atoms with Gasteiger partial charge in [-0.15, -0.1) is 0 Å². The molecule has 0 spiro atoms. The molecule has 0 heterocycles. The number of aryl methyl sites for hydroxylation is 1. The fraction of sp³-hybridized carbons (Fsp3) is 0.316. The van der Waals surface area contributed by atoms with Crippen molar-refractivity contribution in [3.05, 3.63) is 59.7 Å². The van der Waals surface area contributed by atoms with Crippen LogP contribution in [-0.4, -0.2) is 12.6 Å². The molecule has 0 aliphatic carbocycles. The van der Waals surface area contributed by atoms with Gasteiger partial charge in [0, 0.05) is 18.2 Å². The van der Waals surface area contributed by atoms with Gasteiger partial charge in [-0.05, 0) is 43.5 Å². The Morgan fingerprint density at radius 1 is 1.13 bits per heavy atom. The van der Waals surface area contributed by atoms with Gasteiger partial charge in [-0.1, -0.05) is 30.3 Å². The first-order valence-electron chi connectivity index (χ1n) is 7.78. The van der Waals surface area contributed by atoms with Crippen LogP contribution in [0.2, 0.25) is 0 Å². The van der Waals surface area contributed by atoms with Crippen LogP contribution in [0.1, 0.15) is 37.0 Å².